The van der Waals surface area contributed by atoms with Crippen molar-refractivity contribution in [3.05, 3.63) is 30.1 Å². The lowest BCUT2D eigenvalue weighted by Gasteiger charge is -2.37. The Morgan fingerprint density at radius 3 is 2.79 bits per heavy atom. The van der Waals surface area contributed by atoms with E-state index in [4.69, 9.17) is 0 Å². The van der Waals surface area contributed by atoms with Crippen molar-refractivity contribution in [2.24, 2.45) is 11.8 Å². The van der Waals surface area contributed by atoms with Gasteiger partial charge < -0.3 is 5.32 Å². The predicted octanol–water partition coefficient (Wildman–Crippen LogP) is 4.34. The van der Waals surface area contributed by atoms with Gasteiger partial charge in [0.25, 0.3) is 0 Å². The normalized spacial score (nSPS) is 25.2. The van der Waals surface area contributed by atoms with Gasteiger partial charge in [-0.25, -0.2) is 0 Å². The van der Waals surface area contributed by atoms with Crippen LogP contribution >= 0.6 is 0 Å². The Labute approximate surface area is 118 Å². The van der Waals surface area contributed by atoms with Gasteiger partial charge in [0.1, 0.15) is 0 Å². The van der Waals surface area contributed by atoms with Gasteiger partial charge >= 0.3 is 0 Å². The van der Waals surface area contributed by atoms with E-state index in [2.05, 4.69) is 36.3 Å². The van der Waals surface area contributed by atoms with Gasteiger partial charge in [-0.3, -0.25) is 4.98 Å². The minimum Gasteiger partial charge on any atom is -0.308 e. The average molecular weight is 260 g/mol. The van der Waals surface area contributed by atoms with Crippen molar-refractivity contribution in [1.29, 1.82) is 0 Å². The summed E-state index contributed by atoms with van der Waals surface area (Å²) in [6.07, 6.45) is 9.99. The number of pyridine rings is 1. The lowest BCUT2D eigenvalue weighted by Crippen LogP contribution is -2.35. The first-order chi connectivity index (χ1) is 9.36. The molecule has 1 aromatic rings. The van der Waals surface area contributed by atoms with Gasteiger partial charge in [0.05, 0.1) is 11.7 Å². The second-order valence-corrected chi connectivity index (χ2v) is 5.80. The van der Waals surface area contributed by atoms with Gasteiger partial charge in [-0.05, 0) is 43.4 Å². The number of nitrogens with zero attached hydrogens (tertiary/aromatic N) is 1. The summed E-state index contributed by atoms with van der Waals surface area (Å²) in [4.78, 5) is 4.61. The molecule has 3 unspecified atom stereocenters. The number of aromatic nitrogens is 1. The maximum atomic E-state index is 4.61. The smallest absolute Gasteiger partial charge is 0.0576 e. The quantitative estimate of drug-likeness (QED) is 0.823. The third-order valence-corrected chi connectivity index (χ3v) is 4.54. The monoisotopic (exact) mass is 260 g/mol. The fourth-order valence-corrected chi connectivity index (χ4v) is 3.52. The van der Waals surface area contributed by atoms with E-state index >= 15 is 0 Å². The summed E-state index contributed by atoms with van der Waals surface area (Å²) in [7, 11) is 0. The summed E-state index contributed by atoms with van der Waals surface area (Å²) in [6, 6.07) is 6.77. The molecule has 1 aliphatic carbocycles. The largest absolute Gasteiger partial charge is 0.308 e. The Hall–Kier alpha value is -0.890. The molecule has 1 saturated carbocycles. The standard InChI is InChI=1S/C17H28N2/c1-3-12-19-17(16-11-7-8-13-18-16)15-10-6-5-9-14(15)4-2/h7-8,11,13-15,17,19H,3-6,9-10,12H2,1-2H3. The van der Waals surface area contributed by atoms with E-state index in [1.807, 2.05) is 12.3 Å². The zero-order valence-electron chi connectivity index (χ0n) is 12.4. The Morgan fingerprint density at radius 2 is 2.11 bits per heavy atom. The average Bonchev–Trinajstić information content (AvgIpc) is 2.49. The summed E-state index contributed by atoms with van der Waals surface area (Å²) in [6.45, 7) is 5.67. The van der Waals surface area contributed by atoms with Crippen LogP contribution in [0.25, 0.3) is 0 Å². The molecule has 0 radical (unpaired) electrons. The fourth-order valence-electron chi connectivity index (χ4n) is 3.52. The highest BCUT2D eigenvalue weighted by atomic mass is 14.9. The molecule has 2 nitrogen and oxygen atoms in total. The van der Waals surface area contributed by atoms with Crippen LogP contribution < -0.4 is 5.32 Å². The number of nitrogens with one attached hydrogen (secondary N) is 1. The molecule has 0 spiro atoms. The number of rotatable bonds is 6. The molecule has 2 rings (SSSR count). The van der Waals surface area contributed by atoms with Crippen molar-refractivity contribution in [2.45, 2.75) is 58.4 Å². The fraction of sp³-hybridized carbons (Fsp3) is 0.706. The maximum absolute atomic E-state index is 4.61. The van der Waals surface area contributed by atoms with E-state index in [9.17, 15) is 0 Å². The highest BCUT2D eigenvalue weighted by Gasteiger charge is 2.31. The predicted molar refractivity (Wildman–Crippen MR) is 81.0 cm³/mol. The summed E-state index contributed by atoms with van der Waals surface area (Å²) in [5.74, 6) is 1.63. The van der Waals surface area contributed by atoms with Crippen LogP contribution in [0.15, 0.2) is 24.4 Å². The van der Waals surface area contributed by atoms with Crippen molar-refractivity contribution in [1.82, 2.24) is 10.3 Å². The SMILES string of the molecule is CCCNC(c1ccccn1)C1CCCCC1CC. The van der Waals surface area contributed by atoms with E-state index in [1.54, 1.807) is 0 Å². The zero-order valence-corrected chi connectivity index (χ0v) is 12.4. The highest BCUT2D eigenvalue weighted by molar-refractivity contribution is 5.11. The van der Waals surface area contributed by atoms with Crippen LogP contribution in [0.1, 0.15) is 64.1 Å². The third-order valence-electron chi connectivity index (χ3n) is 4.54. The second kappa shape index (κ2) is 7.64. The molecule has 1 fully saturated rings. The number of hydrogen-bond donors (Lipinski definition) is 1. The molecule has 1 heterocycles. The van der Waals surface area contributed by atoms with Crippen molar-refractivity contribution in [3.63, 3.8) is 0 Å². The molecular formula is C17H28N2. The summed E-state index contributed by atoms with van der Waals surface area (Å²) < 4.78 is 0. The van der Waals surface area contributed by atoms with Gasteiger partial charge in [-0.1, -0.05) is 45.6 Å². The highest BCUT2D eigenvalue weighted by Crippen LogP contribution is 2.39. The minimum atomic E-state index is 0.450. The van der Waals surface area contributed by atoms with Gasteiger partial charge in [0.15, 0.2) is 0 Å². The lowest BCUT2D eigenvalue weighted by molar-refractivity contribution is 0.173. The molecular weight excluding hydrogens is 232 g/mol. The Balaban J connectivity index is 2.16. The van der Waals surface area contributed by atoms with E-state index in [0.29, 0.717) is 6.04 Å². The van der Waals surface area contributed by atoms with Gasteiger partial charge in [-0.15, -0.1) is 0 Å². The van der Waals surface area contributed by atoms with Crippen molar-refractivity contribution >= 4 is 0 Å². The van der Waals surface area contributed by atoms with Crippen molar-refractivity contribution in [2.75, 3.05) is 6.54 Å². The molecule has 0 saturated heterocycles. The van der Waals surface area contributed by atoms with Crippen LogP contribution in [0.4, 0.5) is 0 Å². The molecule has 106 valence electrons. The van der Waals surface area contributed by atoms with E-state index in [0.717, 1.165) is 18.4 Å². The Kier molecular flexibility index (Phi) is 5.84. The topological polar surface area (TPSA) is 24.9 Å². The molecule has 0 aromatic carbocycles. The van der Waals surface area contributed by atoms with Gasteiger partial charge in [0.2, 0.25) is 0 Å². The summed E-state index contributed by atoms with van der Waals surface area (Å²) in [5, 5.41) is 3.76. The molecule has 0 bridgehead atoms. The summed E-state index contributed by atoms with van der Waals surface area (Å²) in [5.41, 5.74) is 1.24. The maximum Gasteiger partial charge on any atom is 0.0576 e. The molecule has 1 aromatic heterocycles. The molecule has 3 atom stereocenters. The van der Waals surface area contributed by atoms with Gasteiger partial charge in [-0.2, -0.15) is 0 Å². The van der Waals surface area contributed by atoms with Crippen LogP contribution in [0.2, 0.25) is 0 Å². The van der Waals surface area contributed by atoms with Crippen LogP contribution in [0.3, 0.4) is 0 Å². The second-order valence-electron chi connectivity index (χ2n) is 5.80. The third kappa shape index (κ3) is 3.79. The zero-order chi connectivity index (χ0) is 13.5. The van der Waals surface area contributed by atoms with Crippen molar-refractivity contribution in [3.8, 4) is 0 Å². The van der Waals surface area contributed by atoms with E-state index < -0.39 is 0 Å². The van der Waals surface area contributed by atoms with Crippen LogP contribution in [-0.2, 0) is 0 Å². The first kappa shape index (κ1) is 14.5. The van der Waals surface area contributed by atoms with Gasteiger partial charge in [0, 0.05) is 6.20 Å². The Bertz CT molecular complexity index is 350. The lowest BCUT2D eigenvalue weighted by atomic mass is 9.73. The van der Waals surface area contributed by atoms with Crippen LogP contribution in [-0.4, -0.2) is 11.5 Å². The summed E-state index contributed by atoms with van der Waals surface area (Å²) >= 11 is 0. The molecule has 1 N–H and O–H groups in total. The van der Waals surface area contributed by atoms with Crippen LogP contribution in [0.5, 0.6) is 0 Å². The molecule has 1 aliphatic rings. The van der Waals surface area contributed by atoms with Crippen molar-refractivity contribution < 1.29 is 0 Å². The minimum absolute atomic E-state index is 0.450. The first-order valence-corrected chi connectivity index (χ1v) is 8.01. The molecule has 0 aliphatic heterocycles. The molecule has 2 heteroatoms. The molecule has 19 heavy (non-hydrogen) atoms. The van der Waals surface area contributed by atoms with Crippen LogP contribution in [0, 0.1) is 11.8 Å². The van der Waals surface area contributed by atoms with E-state index in [1.165, 1.54) is 44.2 Å². The molecule has 0 amide bonds. The number of hydrogen-bond acceptors (Lipinski definition) is 2. The Morgan fingerprint density at radius 1 is 1.26 bits per heavy atom. The first-order valence-electron chi connectivity index (χ1n) is 8.01. The van der Waals surface area contributed by atoms with E-state index in [-0.39, 0.29) is 0 Å².